The molecule has 1 nitrogen and oxygen atoms in total. The van der Waals surface area contributed by atoms with Crippen LogP contribution < -0.4 is 4.74 Å². The van der Waals surface area contributed by atoms with Crippen molar-refractivity contribution >= 4 is 30.3 Å². The predicted molar refractivity (Wildman–Crippen MR) is 67.7 cm³/mol. The van der Waals surface area contributed by atoms with Gasteiger partial charge in [0.15, 0.2) is 0 Å². The number of ether oxygens (including phenoxy) is 1. The third kappa shape index (κ3) is 4.15. The van der Waals surface area contributed by atoms with E-state index >= 15 is 0 Å². The molecule has 1 rings (SSSR count). The molecule has 0 saturated carbocycles. The van der Waals surface area contributed by atoms with Crippen LogP contribution in [0.15, 0.2) is 22.7 Å². The molecule has 0 aromatic heterocycles. The maximum atomic E-state index is 12.8. The second-order valence-electron chi connectivity index (χ2n) is 3.57. The van der Waals surface area contributed by atoms with Crippen LogP contribution in [-0.4, -0.2) is 19.8 Å². The molecule has 0 aliphatic carbocycles. The molecule has 1 aromatic carbocycles. The summed E-state index contributed by atoms with van der Waals surface area (Å²) in [6.45, 7) is 4.47. The summed E-state index contributed by atoms with van der Waals surface area (Å²) in [5.74, 6) is 0.521. The summed E-state index contributed by atoms with van der Waals surface area (Å²) in [5.41, 5.74) is 0.879. The second kappa shape index (κ2) is 6.53. The first-order valence-corrected chi connectivity index (χ1v) is 11.2. The summed E-state index contributed by atoms with van der Waals surface area (Å²) in [6, 6.07) is 4.55. The van der Waals surface area contributed by atoms with E-state index < -0.39 is 14.3 Å². The van der Waals surface area contributed by atoms with Crippen LogP contribution in [-0.2, 0) is 0 Å². The van der Waals surface area contributed by atoms with Crippen LogP contribution >= 0.6 is 15.9 Å². The molecule has 0 saturated heterocycles. The first-order valence-electron chi connectivity index (χ1n) is 5.25. The molecule has 15 heavy (non-hydrogen) atoms. The van der Waals surface area contributed by atoms with Gasteiger partial charge in [-0.1, -0.05) is 0 Å². The van der Waals surface area contributed by atoms with Crippen molar-refractivity contribution in [3.8, 4) is 5.75 Å². The number of halogens is 2. The Morgan fingerprint density at radius 1 is 1.33 bits per heavy atom. The van der Waals surface area contributed by atoms with Gasteiger partial charge in [0, 0.05) is 0 Å². The normalized spacial score (nSPS) is 10.7. The molecule has 0 atom stereocenters. The molecular weight excluding hydrogens is 320 g/mol. The molecule has 0 spiro atoms. The molecule has 84 valence electrons. The Hall–Kier alpha value is -0.0271. The van der Waals surface area contributed by atoms with Crippen molar-refractivity contribution in [3.63, 3.8) is 0 Å². The van der Waals surface area contributed by atoms with Crippen molar-refractivity contribution in [3.05, 3.63) is 28.5 Å². The molecule has 0 fully saturated rings. The SMILES string of the molecule is C[CH2][GeH]([CH2]C)[CH2]Oc1ccc(F)cc1Br. The summed E-state index contributed by atoms with van der Waals surface area (Å²) in [7, 11) is 0. The van der Waals surface area contributed by atoms with Gasteiger partial charge in [0.05, 0.1) is 0 Å². The number of hydrogen-bond donors (Lipinski definition) is 0. The molecule has 0 aliphatic rings. The Labute approximate surface area is 103 Å². The summed E-state index contributed by atoms with van der Waals surface area (Å²) < 4.78 is 19.2. The van der Waals surface area contributed by atoms with Crippen LogP contribution in [0.2, 0.25) is 10.5 Å². The monoisotopic (exact) mass is 336 g/mol. The Bertz CT molecular complexity index is 315. The zero-order valence-electron chi connectivity index (χ0n) is 9.09. The Balaban J connectivity index is 2.57. The van der Waals surface area contributed by atoms with Crippen molar-refractivity contribution in [2.75, 3.05) is 5.44 Å². The van der Waals surface area contributed by atoms with Crippen molar-refractivity contribution in [2.24, 2.45) is 0 Å². The summed E-state index contributed by atoms with van der Waals surface area (Å²) in [5, 5.41) is 2.59. The molecule has 0 radical (unpaired) electrons. The van der Waals surface area contributed by atoms with Gasteiger partial charge in [-0.25, -0.2) is 0 Å². The van der Waals surface area contributed by atoms with E-state index in [1.54, 1.807) is 6.07 Å². The first kappa shape index (κ1) is 13.0. The second-order valence-corrected chi connectivity index (χ2v) is 12.2. The molecule has 0 heterocycles. The van der Waals surface area contributed by atoms with Gasteiger partial charge in [0.25, 0.3) is 0 Å². The quantitative estimate of drug-likeness (QED) is 0.744. The van der Waals surface area contributed by atoms with Crippen molar-refractivity contribution < 1.29 is 9.13 Å². The molecule has 0 unspecified atom stereocenters. The van der Waals surface area contributed by atoms with E-state index in [1.807, 2.05) is 0 Å². The van der Waals surface area contributed by atoms with E-state index in [0.29, 0.717) is 4.47 Å². The Morgan fingerprint density at radius 2 is 2.00 bits per heavy atom. The van der Waals surface area contributed by atoms with Gasteiger partial charge in [-0.3, -0.25) is 0 Å². The maximum absolute atomic E-state index is 12.8. The van der Waals surface area contributed by atoms with Crippen LogP contribution in [0.25, 0.3) is 0 Å². The van der Waals surface area contributed by atoms with Gasteiger partial charge in [0.1, 0.15) is 0 Å². The standard InChI is InChI=1S/C11H16BrFGeO/c1-3-14(4-2)8-15-11-6-5-9(13)7-10(11)12/h5-7,14H,3-4,8H2,1-2H3. The minimum absolute atomic E-state index is 0.238. The predicted octanol–water partition coefficient (Wildman–Crippen LogP) is 3.77. The van der Waals surface area contributed by atoms with Crippen LogP contribution in [0.3, 0.4) is 0 Å². The van der Waals surface area contributed by atoms with Crippen LogP contribution in [0.1, 0.15) is 13.8 Å². The molecule has 0 bridgehead atoms. The van der Waals surface area contributed by atoms with Gasteiger partial charge >= 0.3 is 103 Å². The third-order valence-corrected chi connectivity index (χ3v) is 9.33. The fourth-order valence-electron chi connectivity index (χ4n) is 1.32. The molecule has 0 amide bonds. The van der Waals surface area contributed by atoms with E-state index in [1.165, 1.54) is 22.6 Å². The average molecular weight is 336 g/mol. The van der Waals surface area contributed by atoms with Crippen LogP contribution in [0, 0.1) is 5.82 Å². The third-order valence-electron chi connectivity index (χ3n) is 2.52. The van der Waals surface area contributed by atoms with Crippen molar-refractivity contribution in [1.29, 1.82) is 0 Å². The number of benzene rings is 1. The topological polar surface area (TPSA) is 9.23 Å². The average Bonchev–Trinajstić information content (AvgIpc) is 2.22. The molecule has 0 aliphatic heterocycles. The van der Waals surface area contributed by atoms with Gasteiger partial charge < -0.3 is 0 Å². The zero-order valence-corrected chi connectivity index (χ0v) is 13.1. The number of hydrogen-bond acceptors (Lipinski definition) is 1. The minimum atomic E-state index is -1.19. The van der Waals surface area contributed by atoms with E-state index in [4.69, 9.17) is 4.74 Å². The molecular formula is C11H16BrFGeO. The van der Waals surface area contributed by atoms with E-state index in [-0.39, 0.29) is 5.82 Å². The molecule has 0 N–H and O–H groups in total. The summed E-state index contributed by atoms with van der Waals surface area (Å²) >= 11 is 2.11. The fourth-order valence-corrected chi connectivity index (χ4v) is 4.86. The van der Waals surface area contributed by atoms with Gasteiger partial charge in [-0.15, -0.1) is 0 Å². The van der Waals surface area contributed by atoms with E-state index in [0.717, 1.165) is 11.2 Å². The van der Waals surface area contributed by atoms with Crippen LogP contribution in [0.4, 0.5) is 4.39 Å². The van der Waals surface area contributed by atoms with E-state index in [9.17, 15) is 4.39 Å². The zero-order chi connectivity index (χ0) is 11.3. The van der Waals surface area contributed by atoms with Crippen molar-refractivity contribution in [1.82, 2.24) is 0 Å². The van der Waals surface area contributed by atoms with Gasteiger partial charge in [-0.05, 0) is 0 Å². The Morgan fingerprint density at radius 3 is 2.53 bits per heavy atom. The van der Waals surface area contributed by atoms with Gasteiger partial charge in [0.2, 0.25) is 0 Å². The Kier molecular flexibility index (Phi) is 5.68. The van der Waals surface area contributed by atoms with Crippen LogP contribution in [0.5, 0.6) is 5.75 Å². The van der Waals surface area contributed by atoms with Gasteiger partial charge in [-0.2, -0.15) is 0 Å². The molecule has 1 aromatic rings. The first-order chi connectivity index (χ1) is 7.17. The summed E-state index contributed by atoms with van der Waals surface area (Å²) in [4.78, 5) is 0. The number of rotatable bonds is 5. The molecule has 4 heteroatoms. The van der Waals surface area contributed by atoms with Crippen molar-refractivity contribution in [2.45, 2.75) is 24.4 Å². The van der Waals surface area contributed by atoms with E-state index in [2.05, 4.69) is 29.8 Å². The fraction of sp³-hybridized carbons (Fsp3) is 0.455. The summed E-state index contributed by atoms with van der Waals surface area (Å²) in [6.07, 6.45) is 0.